The van der Waals surface area contributed by atoms with Crippen LogP contribution in [0.2, 0.25) is 0 Å². The van der Waals surface area contributed by atoms with E-state index in [0.29, 0.717) is 13.0 Å². The molecule has 1 rings (SSSR count). The van der Waals surface area contributed by atoms with Gasteiger partial charge in [0, 0.05) is 12.7 Å². The molecule has 2 amide bonds. The Bertz CT molecular complexity index is 364. The number of amides is 2. The third kappa shape index (κ3) is 3.04. The molecule has 1 aromatic rings. The monoisotopic (exact) mass is 229 g/mol. The van der Waals surface area contributed by atoms with Crippen molar-refractivity contribution in [3.63, 3.8) is 0 Å². The van der Waals surface area contributed by atoms with Gasteiger partial charge in [0.2, 0.25) is 18.5 Å². The van der Waals surface area contributed by atoms with Crippen LogP contribution in [0.3, 0.4) is 0 Å². The summed E-state index contributed by atoms with van der Waals surface area (Å²) in [6, 6.07) is 1.21. The van der Waals surface area contributed by atoms with Crippen molar-refractivity contribution < 1.29 is 24.0 Å². The van der Waals surface area contributed by atoms with E-state index in [4.69, 9.17) is 4.74 Å². The van der Waals surface area contributed by atoms with Crippen molar-refractivity contribution in [3.8, 4) is 0 Å². The van der Waals surface area contributed by atoms with Crippen LogP contribution in [0.5, 0.6) is 0 Å². The molecule has 1 aromatic heterocycles. The first-order chi connectivity index (χ1) is 7.69. The first kappa shape index (κ1) is 12.1. The number of hydrogen-bond donors (Lipinski definition) is 3. The van der Waals surface area contributed by atoms with Crippen LogP contribution < -0.4 is 10.9 Å². The summed E-state index contributed by atoms with van der Waals surface area (Å²) in [5.41, 5.74) is 4.05. The van der Waals surface area contributed by atoms with Crippen LogP contribution in [0.25, 0.3) is 0 Å². The van der Waals surface area contributed by atoms with E-state index in [1.54, 1.807) is 6.92 Å². The van der Waals surface area contributed by atoms with Gasteiger partial charge in [0.25, 0.3) is 0 Å². The maximum Gasteiger partial charge on any atom is 0.308 e. The highest BCUT2D eigenvalue weighted by Gasteiger charge is 2.17. The normalized spacial score (nSPS) is 11.9. The second-order valence-corrected chi connectivity index (χ2v) is 2.64. The van der Waals surface area contributed by atoms with E-state index < -0.39 is 12.2 Å². The van der Waals surface area contributed by atoms with Crippen LogP contribution in [0.15, 0.2) is 10.6 Å². The average Bonchev–Trinajstić information content (AvgIpc) is 2.75. The number of carbonyl (C=O) groups is 2. The molecule has 0 aliphatic rings. The molecule has 0 aliphatic heterocycles. The number of rotatable bonds is 6. The van der Waals surface area contributed by atoms with E-state index in [-0.39, 0.29) is 11.5 Å². The zero-order valence-electron chi connectivity index (χ0n) is 8.47. The van der Waals surface area contributed by atoms with Crippen molar-refractivity contribution in [1.29, 1.82) is 0 Å². The number of aliphatic hydroxyl groups excluding tert-OH is 1. The van der Waals surface area contributed by atoms with Gasteiger partial charge in [-0.3, -0.25) is 20.4 Å². The molecule has 0 fully saturated rings. The Labute approximate surface area is 90.5 Å². The second kappa shape index (κ2) is 5.83. The molecule has 0 spiro atoms. The first-order valence-corrected chi connectivity index (χ1v) is 4.44. The quantitative estimate of drug-likeness (QED) is 0.330. The van der Waals surface area contributed by atoms with Gasteiger partial charge in [-0.05, 0) is 6.92 Å². The van der Waals surface area contributed by atoms with Crippen LogP contribution in [-0.4, -0.2) is 29.2 Å². The summed E-state index contributed by atoms with van der Waals surface area (Å²) in [5, 5.41) is 12.8. The van der Waals surface area contributed by atoms with Gasteiger partial charge in [0.15, 0.2) is 0 Å². The van der Waals surface area contributed by atoms with Gasteiger partial charge in [-0.25, -0.2) is 0 Å². The first-order valence-electron chi connectivity index (χ1n) is 4.44. The predicted molar refractivity (Wildman–Crippen MR) is 49.8 cm³/mol. The topological polar surface area (TPSA) is 114 Å². The highest BCUT2D eigenvalue weighted by atomic mass is 16.6. The summed E-state index contributed by atoms with van der Waals surface area (Å²) in [5.74, 6) is -0.836. The molecule has 88 valence electrons. The number of nitrogens with one attached hydrogen (secondary N) is 2. The van der Waals surface area contributed by atoms with Gasteiger partial charge in [-0.1, -0.05) is 5.16 Å². The summed E-state index contributed by atoms with van der Waals surface area (Å²) in [6.45, 7) is 1.99. The molecule has 0 saturated carbocycles. The fourth-order valence-corrected chi connectivity index (χ4v) is 0.912. The van der Waals surface area contributed by atoms with Crippen molar-refractivity contribution in [2.75, 3.05) is 6.61 Å². The maximum atomic E-state index is 11.2. The lowest BCUT2D eigenvalue weighted by atomic mass is 10.3. The molecule has 0 bridgehead atoms. The number of aliphatic hydroxyl groups is 1. The minimum atomic E-state index is -1.24. The lowest BCUT2D eigenvalue weighted by molar-refractivity contribution is -0.110. The average molecular weight is 229 g/mol. The predicted octanol–water partition coefficient (Wildman–Crippen LogP) is -0.907. The summed E-state index contributed by atoms with van der Waals surface area (Å²) in [4.78, 5) is 21.1. The zero-order chi connectivity index (χ0) is 12.0. The summed E-state index contributed by atoms with van der Waals surface area (Å²) in [7, 11) is 0. The molecular weight excluding hydrogens is 218 g/mol. The Hall–Kier alpha value is -1.93. The Morgan fingerprint density at radius 1 is 1.81 bits per heavy atom. The van der Waals surface area contributed by atoms with Crippen LogP contribution in [0.1, 0.15) is 29.5 Å². The Morgan fingerprint density at radius 2 is 2.56 bits per heavy atom. The Balaban J connectivity index is 2.63. The Kier molecular flexibility index (Phi) is 4.42. The molecule has 0 radical (unpaired) electrons. The smallest absolute Gasteiger partial charge is 0.308 e. The molecule has 1 heterocycles. The Morgan fingerprint density at radius 3 is 3.19 bits per heavy atom. The van der Waals surface area contributed by atoms with Gasteiger partial charge < -0.3 is 14.4 Å². The lowest BCUT2D eigenvalue weighted by Gasteiger charge is -2.04. The number of aromatic nitrogens is 1. The van der Waals surface area contributed by atoms with Crippen LogP contribution in [0, 0.1) is 0 Å². The van der Waals surface area contributed by atoms with Gasteiger partial charge in [0.05, 0.1) is 0 Å². The number of hydrogen-bond acceptors (Lipinski definition) is 6. The SMILES string of the molecule is CCOC(O)c1cc(C(=O)NNC=O)on1. The van der Waals surface area contributed by atoms with Crippen LogP contribution in [0.4, 0.5) is 0 Å². The van der Waals surface area contributed by atoms with Gasteiger partial charge in [-0.15, -0.1) is 0 Å². The van der Waals surface area contributed by atoms with E-state index in [2.05, 4.69) is 9.68 Å². The minimum Gasteiger partial charge on any atom is -0.363 e. The molecule has 0 aliphatic carbocycles. The van der Waals surface area contributed by atoms with Crippen molar-refractivity contribution in [2.45, 2.75) is 13.2 Å². The van der Waals surface area contributed by atoms with Crippen molar-refractivity contribution >= 4 is 12.3 Å². The van der Waals surface area contributed by atoms with Gasteiger partial charge >= 0.3 is 5.91 Å². The molecule has 3 N–H and O–H groups in total. The molecular formula is C8H11N3O5. The third-order valence-electron chi connectivity index (χ3n) is 1.57. The largest absolute Gasteiger partial charge is 0.363 e. The fraction of sp³-hybridized carbons (Fsp3) is 0.375. The van der Waals surface area contributed by atoms with E-state index in [9.17, 15) is 14.7 Å². The standard InChI is InChI=1S/C8H11N3O5/c1-2-15-8(14)5-3-6(16-11-5)7(13)10-9-4-12/h3-4,8,14H,2H2,1H3,(H,9,12)(H,10,13). The van der Waals surface area contributed by atoms with E-state index >= 15 is 0 Å². The second-order valence-electron chi connectivity index (χ2n) is 2.64. The highest BCUT2D eigenvalue weighted by molar-refractivity contribution is 5.91. The third-order valence-corrected chi connectivity index (χ3v) is 1.57. The van der Waals surface area contributed by atoms with E-state index in [0.717, 1.165) is 0 Å². The summed E-state index contributed by atoms with van der Waals surface area (Å²) >= 11 is 0. The van der Waals surface area contributed by atoms with E-state index in [1.165, 1.54) is 6.07 Å². The van der Waals surface area contributed by atoms with Crippen molar-refractivity contribution in [2.24, 2.45) is 0 Å². The number of hydrazine groups is 1. The summed E-state index contributed by atoms with van der Waals surface area (Å²) < 4.78 is 9.46. The highest BCUT2D eigenvalue weighted by Crippen LogP contribution is 2.13. The number of nitrogens with zero attached hydrogens (tertiary/aromatic N) is 1. The van der Waals surface area contributed by atoms with Crippen LogP contribution >= 0.6 is 0 Å². The van der Waals surface area contributed by atoms with Crippen molar-refractivity contribution in [3.05, 3.63) is 17.5 Å². The molecule has 0 aromatic carbocycles. The fourth-order valence-electron chi connectivity index (χ4n) is 0.912. The summed E-state index contributed by atoms with van der Waals surface area (Å²) in [6.07, 6.45) is -0.946. The lowest BCUT2D eigenvalue weighted by Crippen LogP contribution is -2.35. The van der Waals surface area contributed by atoms with E-state index in [1.807, 2.05) is 10.9 Å². The maximum absolute atomic E-state index is 11.2. The zero-order valence-corrected chi connectivity index (χ0v) is 8.47. The molecule has 1 unspecified atom stereocenters. The molecule has 8 nitrogen and oxygen atoms in total. The molecule has 16 heavy (non-hydrogen) atoms. The number of ether oxygens (including phenoxy) is 1. The molecule has 0 saturated heterocycles. The molecule has 1 atom stereocenters. The van der Waals surface area contributed by atoms with Crippen molar-refractivity contribution in [1.82, 2.24) is 16.0 Å². The van der Waals surface area contributed by atoms with Crippen LogP contribution in [-0.2, 0) is 9.53 Å². The van der Waals surface area contributed by atoms with Gasteiger partial charge in [0.1, 0.15) is 5.69 Å². The number of carbonyl (C=O) groups excluding carboxylic acids is 2. The molecule has 8 heteroatoms. The minimum absolute atomic E-state index is 0.0816. The van der Waals surface area contributed by atoms with Gasteiger partial charge in [-0.2, -0.15) is 0 Å².